The van der Waals surface area contributed by atoms with Crippen LogP contribution in [0.2, 0.25) is 0 Å². The van der Waals surface area contributed by atoms with Crippen molar-refractivity contribution < 1.29 is 4.79 Å². The number of hydrogen-bond acceptors (Lipinski definition) is 4. The van der Waals surface area contributed by atoms with Crippen molar-refractivity contribution in [1.82, 2.24) is 19.7 Å². The molecule has 0 atom stereocenters. The Morgan fingerprint density at radius 3 is 2.59 bits per heavy atom. The van der Waals surface area contributed by atoms with Gasteiger partial charge in [-0.15, -0.1) is 0 Å². The lowest BCUT2D eigenvalue weighted by Crippen LogP contribution is -2.23. The van der Waals surface area contributed by atoms with Crippen LogP contribution in [-0.2, 0) is 13.6 Å². The fourth-order valence-electron chi connectivity index (χ4n) is 3.41. The number of aryl methyl sites for hydroxylation is 3. The molecule has 0 aliphatic carbocycles. The summed E-state index contributed by atoms with van der Waals surface area (Å²) in [4.78, 5) is 20.0. The lowest BCUT2D eigenvalue weighted by Gasteiger charge is -2.20. The van der Waals surface area contributed by atoms with Crippen LogP contribution in [-0.4, -0.2) is 38.7 Å². The minimum Gasteiger partial charge on any atom is -0.322 e. The van der Waals surface area contributed by atoms with Crippen LogP contribution in [0.25, 0.3) is 11.0 Å². The zero-order valence-corrected chi connectivity index (χ0v) is 16.7. The molecule has 142 valence electrons. The van der Waals surface area contributed by atoms with Crippen molar-refractivity contribution in [2.45, 2.75) is 34.2 Å². The maximum Gasteiger partial charge on any atom is 0.256 e. The second-order valence-electron chi connectivity index (χ2n) is 6.79. The van der Waals surface area contributed by atoms with E-state index in [9.17, 15) is 4.79 Å². The highest BCUT2D eigenvalue weighted by Crippen LogP contribution is 2.24. The van der Waals surface area contributed by atoms with Crippen molar-refractivity contribution in [1.29, 1.82) is 0 Å². The molecule has 2 aromatic heterocycles. The smallest absolute Gasteiger partial charge is 0.256 e. The second kappa shape index (κ2) is 7.88. The number of nitrogens with one attached hydrogen (secondary N) is 1. The molecular weight excluding hydrogens is 338 g/mol. The molecule has 0 saturated heterocycles. The summed E-state index contributed by atoms with van der Waals surface area (Å²) >= 11 is 0. The molecule has 1 amide bonds. The maximum atomic E-state index is 13.1. The van der Waals surface area contributed by atoms with Crippen LogP contribution < -0.4 is 5.32 Å². The monoisotopic (exact) mass is 365 g/mol. The lowest BCUT2D eigenvalue weighted by molar-refractivity contribution is 0.102. The van der Waals surface area contributed by atoms with Gasteiger partial charge in [0.25, 0.3) is 5.91 Å². The molecule has 6 nitrogen and oxygen atoms in total. The van der Waals surface area contributed by atoms with E-state index in [0.717, 1.165) is 53.3 Å². The van der Waals surface area contributed by atoms with Crippen molar-refractivity contribution >= 4 is 22.6 Å². The molecule has 0 bridgehead atoms. The number of fused-ring (bicyclic) bond motifs is 1. The first-order valence-corrected chi connectivity index (χ1v) is 9.37. The van der Waals surface area contributed by atoms with Gasteiger partial charge >= 0.3 is 0 Å². The highest BCUT2D eigenvalue weighted by molar-refractivity contribution is 6.12. The minimum absolute atomic E-state index is 0.131. The number of carbonyl (C=O) groups excluding carboxylic acids is 1. The van der Waals surface area contributed by atoms with E-state index in [1.54, 1.807) is 4.68 Å². The van der Waals surface area contributed by atoms with Crippen LogP contribution in [0.4, 0.5) is 5.69 Å². The van der Waals surface area contributed by atoms with E-state index < -0.39 is 0 Å². The van der Waals surface area contributed by atoms with E-state index in [1.165, 1.54) is 0 Å². The van der Waals surface area contributed by atoms with Crippen LogP contribution in [0, 0.1) is 13.8 Å². The van der Waals surface area contributed by atoms with E-state index in [2.05, 4.69) is 40.2 Å². The second-order valence-corrected chi connectivity index (χ2v) is 6.79. The van der Waals surface area contributed by atoms with Crippen LogP contribution >= 0.6 is 0 Å². The normalized spacial score (nSPS) is 11.3. The molecule has 0 fully saturated rings. The first kappa shape index (κ1) is 19.0. The fourth-order valence-corrected chi connectivity index (χ4v) is 3.41. The third kappa shape index (κ3) is 3.85. The average Bonchev–Trinajstić information content (AvgIpc) is 2.94. The number of nitrogens with zero attached hydrogens (tertiary/aromatic N) is 4. The molecule has 0 aliphatic heterocycles. The Balaban J connectivity index is 1.97. The molecule has 0 spiro atoms. The molecule has 0 aliphatic rings. The Labute approximate surface area is 160 Å². The molecule has 2 heterocycles. The number of para-hydroxylation sites is 1. The van der Waals surface area contributed by atoms with Gasteiger partial charge in [-0.05, 0) is 44.6 Å². The van der Waals surface area contributed by atoms with Gasteiger partial charge in [0.05, 0.1) is 16.6 Å². The van der Waals surface area contributed by atoms with Gasteiger partial charge in [-0.1, -0.05) is 32.0 Å². The SMILES string of the molecule is CCN(CC)Cc1ccccc1NC(=O)c1cc(C)nc2c1c(C)nn2C. The molecule has 3 aromatic rings. The number of aromatic nitrogens is 3. The van der Waals surface area contributed by atoms with Crippen LogP contribution in [0.15, 0.2) is 30.3 Å². The summed E-state index contributed by atoms with van der Waals surface area (Å²) in [5.74, 6) is -0.131. The van der Waals surface area contributed by atoms with Gasteiger partial charge in [-0.3, -0.25) is 14.4 Å². The van der Waals surface area contributed by atoms with E-state index in [0.29, 0.717) is 5.56 Å². The van der Waals surface area contributed by atoms with Gasteiger partial charge in [0.2, 0.25) is 0 Å². The van der Waals surface area contributed by atoms with Crippen molar-refractivity contribution in [3.63, 3.8) is 0 Å². The summed E-state index contributed by atoms with van der Waals surface area (Å²) in [5.41, 5.74) is 4.90. The van der Waals surface area contributed by atoms with E-state index in [1.807, 2.05) is 45.2 Å². The molecule has 27 heavy (non-hydrogen) atoms. The summed E-state index contributed by atoms with van der Waals surface area (Å²) in [6.07, 6.45) is 0. The van der Waals surface area contributed by atoms with E-state index >= 15 is 0 Å². The summed E-state index contributed by atoms with van der Waals surface area (Å²) < 4.78 is 1.72. The molecule has 0 saturated carbocycles. The van der Waals surface area contributed by atoms with Gasteiger partial charge < -0.3 is 5.32 Å². The first-order valence-electron chi connectivity index (χ1n) is 9.37. The number of amides is 1. The average molecular weight is 365 g/mol. The predicted molar refractivity (Wildman–Crippen MR) is 109 cm³/mol. The lowest BCUT2D eigenvalue weighted by atomic mass is 10.1. The Morgan fingerprint density at radius 2 is 1.89 bits per heavy atom. The summed E-state index contributed by atoms with van der Waals surface area (Å²) in [6, 6.07) is 9.81. The van der Waals surface area contributed by atoms with Crippen molar-refractivity contribution in [2.24, 2.45) is 7.05 Å². The Hall–Kier alpha value is -2.73. The molecule has 0 radical (unpaired) electrons. The molecule has 1 aromatic carbocycles. The number of pyridine rings is 1. The Morgan fingerprint density at radius 1 is 1.19 bits per heavy atom. The van der Waals surface area contributed by atoms with Crippen molar-refractivity contribution in [2.75, 3.05) is 18.4 Å². The number of hydrogen-bond donors (Lipinski definition) is 1. The largest absolute Gasteiger partial charge is 0.322 e. The Bertz CT molecular complexity index is 972. The number of anilines is 1. The third-order valence-electron chi connectivity index (χ3n) is 4.90. The van der Waals surface area contributed by atoms with Gasteiger partial charge in [0, 0.05) is 25.0 Å². The summed E-state index contributed by atoms with van der Waals surface area (Å²) in [7, 11) is 1.85. The minimum atomic E-state index is -0.131. The molecule has 0 unspecified atom stereocenters. The van der Waals surface area contributed by atoms with E-state index in [4.69, 9.17) is 0 Å². The van der Waals surface area contributed by atoms with Gasteiger partial charge in [-0.2, -0.15) is 5.10 Å². The number of carbonyl (C=O) groups is 1. The van der Waals surface area contributed by atoms with E-state index in [-0.39, 0.29) is 5.91 Å². The summed E-state index contributed by atoms with van der Waals surface area (Å²) in [6.45, 7) is 10.8. The first-order chi connectivity index (χ1) is 12.9. The van der Waals surface area contributed by atoms with Gasteiger partial charge in [0.15, 0.2) is 5.65 Å². The van der Waals surface area contributed by atoms with Crippen LogP contribution in [0.5, 0.6) is 0 Å². The third-order valence-corrected chi connectivity index (χ3v) is 4.90. The van der Waals surface area contributed by atoms with Crippen molar-refractivity contribution in [3.05, 3.63) is 52.8 Å². The zero-order chi connectivity index (χ0) is 19.6. The highest BCUT2D eigenvalue weighted by Gasteiger charge is 2.18. The standard InChI is InChI=1S/C21H27N5O/c1-6-26(7-2)13-16-10-8-9-11-18(16)23-21(27)17-12-14(3)22-20-19(17)15(4)24-25(20)5/h8-12H,6-7,13H2,1-5H3,(H,23,27). The molecule has 3 rings (SSSR count). The zero-order valence-electron chi connectivity index (χ0n) is 16.7. The summed E-state index contributed by atoms with van der Waals surface area (Å²) in [5, 5.41) is 8.34. The van der Waals surface area contributed by atoms with Crippen LogP contribution in [0.3, 0.4) is 0 Å². The van der Waals surface area contributed by atoms with Crippen LogP contribution in [0.1, 0.15) is 41.2 Å². The van der Waals surface area contributed by atoms with Gasteiger partial charge in [-0.25, -0.2) is 4.98 Å². The highest BCUT2D eigenvalue weighted by atomic mass is 16.1. The Kier molecular flexibility index (Phi) is 5.56. The number of benzene rings is 1. The quantitative estimate of drug-likeness (QED) is 0.724. The fraction of sp³-hybridized carbons (Fsp3) is 0.381. The predicted octanol–water partition coefficient (Wildman–Crippen LogP) is 3.68. The topological polar surface area (TPSA) is 63.1 Å². The maximum absolute atomic E-state index is 13.1. The van der Waals surface area contributed by atoms with Gasteiger partial charge in [0.1, 0.15) is 0 Å². The molecule has 6 heteroatoms. The molecular formula is C21H27N5O. The number of rotatable bonds is 6. The molecule has 1 N–H and O–H groups in total. The van der Waals surface area contributed by atoms with Crippen molar-refractivity contribution in [3.8, 4) is 0 Å².